The molecule has 0 aliphatic rings. The molecule has 0 bridgehead atoms. The average Bonchev–Trinajstić information content (AvgIpc) is 2.39. The summed E-state index contributed by atoms with van der Waals surface area (Å²) in [5, 5.41) is 2.70. The minimum absolute atomic E-state index is 0.0210. The fourth-order valence-corrected chi connectivity index (χ4v) is 1.85. The predicted octanol–water partition coefficient (Wildman–Crippen LogP) is 3.63. The second kappa shape index (κ2) is 5.65. The van der Waals surface area contributed by atoms with Crippen molar-refractivity contribution in [3.8, 4) is 11.1 Å². The molecule has 0 saturated carbocycles. The Labute approximate surface area is 112 Å². The van der Waals surface area contributed by atoms with E-state index >= 15 is 0 Å². The zero-order valence-electron chi connectivity index (χ0n) is 11.0. The van der Waals surface area contributed by atoms with E-state index in [1.165, 1.54) is 6.07 Å². The zero-order valence-corrected chi connectivity index (χ0v) is 11.0. The molecule has 2 aromatic rings. The van der Waals surface area contributed by atoms with Crippen LogP contribution in [0.5, 0.6) is 0 Å². The normalized spacial score (nSPS) is 10.5. The second-order valence-corrected chi connectivity index (χ2v) is 4.69. The van der Waals surface area contributed by atoms with E-state index < -0.39 is 5.82 Å². The third-order valence-corrected chi connectivity index (χ3v) is 2.74. The summed E-state index contributed by atoms with van der Waals surface area (Å²) in [5.74, 6) is -0.886. The minimum Gasteiger partial charge on any atom is -0.350 e. The van der Waals surface area contributed by atoms with E-state index in [1.807, 2.05) is 44.2 Å². The van der Waals surface area contributed by atoms with Crippen LogP contribution in [0, 0.1) is 5.82 Å². The van der Waals surface area contributed by atoms with Crippen molar-refractivity contribution in [2.45, 2.75) is 19.9 Å². The molecule has 0 heterocycles. The molecular formula is C16H16FNO. The van der Waals surface area contributed by atoms with Crippen molar-refractivity contribution in [3.05, 3.63) is 59.9 Å². The molecule has 2 nitrogen and oxygen atoms in total. The Bertz CT molecular complexity index is 579. The van der Waals surface area contributed by atoms with Crippen LogP contribution in [-0.2, 0) is 0 Å². The predicted molar refractivity (Wildman–Crippen MR) is 74.4 cm³/mol. The van der Waals surface area contributed by atoms with Crippen molar-refractivity contribution >= 4 is 5.91 Å². The number of carbonyl (C=O) groups excluding carboxylic acids is 1. The summed E-state index contributed by atoms with van der Waals surface area (Å²) in [4.78, 5) is 11.9. The first-order valence-corrected chi connectivity index (χ1v) is 6.24. The first-order valence-electron chi connectivity index (χ1n) is 6.24. The fraction of sp³-hybridized carbons (Fsp3) is 0.188. The van der Waals surface area contributed by atoms with E-state index in [4.69, 9.17) is 0 Å². The summed E-state index contributed by atoms with van der Waals surface area (Å²) in [6.07, 6.45) is 0. The van der Waals surface area contributed by atoms with Gasteiger partial charge in [-0.25, -0.2) is 4.39 Å². The van der Waals surface area contributed by atoms with Crippen molar-refractivity contribution < 1.29 is 9.18 Å². The van der Waals surface area contributed by atoms with Crippen LogP contribution in [-0.4, -0.2) is 11.9 Å². The Morgan fingerprint density at radius 2 is 1.74 bits per heavy atom. The van der Waals surface area contributed by atoms with Crippen molar-refractivity contribution in [2.24, 2.45) is 0 Å². The van der Waals surface area contributed by atoms with Gasteiger partial charge < -0.3 is 5.32 Å². The summed E-state index contributed by atoms with van der Waals surface area (Å²) in [6.45, 7) is 3.69. The van der Waals surface area contributed by atoms with Crippen LogP contribution in [0.1, 0.15) is 24.2 Å². The van der Waals surface area contributed by atoms with Gasteiger partial charge in [-0.15, -0.1) is 0 Å². The molecule has 0 aliphatic heterocycles. The number of halogens is 1. The molecule has 0 aromatic heterocycles. The summed E-state index contributed by atoms with van der Waals surface area (Å²) in [6, 6.07) is 14.2. The monoisotopic (exact) mass is 257 g/mol. The molecule has 2 rings (SSSR count). The molecule has 1 amide bonds. The molecule has 0 saturated heterocycles. The van der Waals surface area contributed by atoms with E-state index in [0.29, 0.717) is 0 Å². The lowest BCUT2D eigenvalue weighted by molar-refractivity contribution is 0.0939. The first kappa shape index (κ1) is 13.3. The van der Waals surface area contributed by atoms with Gasteiger partial charge in [0.05, 0.1) is 5.56 Å². The van der Waals surface area contributed by atoms with Gasteiger partial charge in [0.2, 0.25) is 0 Å². The van der Waals surface area contributed by atoms with Gasteiger partial charge >= 0.3 is 0 Å². The highest BCUT2D eigenvalue weighted by molar-refractivity contribution is 5.95. The number of hydrogen-bond acceptors (Lipinski definition) is 1. The maximum Gasteiger partial charge on any atom is 0.254 e. The summed E-state index contributed by atoms with van der Waals surface area (Å²) in [5.41, 5.74) is 1.87. The van der Waals surface area contributed by atoms with Gasteiger partial charge in [-0.3, -0.25) is 4.79 Å². The van der Waals surface area contributed by atoms with E-state index in [2.05, 4.69) is 5.32 Å². The summed E-state index contributed by atoms with van der Waals surface area (Å²) in [7, 11) is 0. The van der Waals surface area contributed by atoms with Gasteiger partial charge in [0.25, 0.3) is 5.91 Å². The van der Waals surface area contributed by atoms with Gasteiger partial charge in [0, 0.05) is 6.04 Å². The van der Waals surface area contributed by atoms with Gasteiger partial charge in [-0.05, 0) is 37.1 Å². The summed E-state index contributed by atoms with van der Waals surface area (Å²) < 4.78 is 13.7. The largest absolute Gasteiger partial charge is 0.350 e. The van der Waals surface area contributed by atoms with Crippen molar-refractivity contribution in [2.75, 3.05) is 0 Å². The molecule has 3 heteroatoms. The lowest BCUT2D eigenvalue weighted by Crippen LogP contribution is -2.30. The molecular weight excluding hydrogens is 241 g/mol. The molecule has 0 unspecified atom stereocenters. The maximum atomic E-state index is 13.7. The standard InChI is InChI=1S/C16H16FNO/c1-11(2)18-16(19)14-10-13(8-9-15(14)17)12-6-4-3-5-7-12/h3-11H,1-2H3,(H,18,19). The van der Waals surface area contributed by atoms with Crippen LogP contribution in [0.4, 0.5) is 4.39 Å². The number of amides is 1. The molecule has 1 N–H and O–H groups in total. The molecule has 0 fully saturated rings. The molecule has 98 valence electrons. The van der Waals surface area contributed by atoms with Gasteiger partial charge in [0.15, 0.2) is 0 Å². The summed E-state index contributed by atoms with van der Waals surface area (Å²) >= 11 is 0. The highest BCUT2D eigenvalue weighted by Crippen LogP contribution is 2.21. The SMILES string of the molecule is CC(C)NC(=O)c1cc(-c2ccccc2)ccc1F. The Balaban J connectivity index is 2.38. The average molecular weight is 257 g/mol. The topological polar surface area (TPSA) is 29.1 Å². The minimum atomic E-state index is -0.502. The molecule has 0 aliphatic carbocycles. The molecule has 0 atom stereocenters. The van der Waals surface area contributed by atoms with Crippen molar-refractivity contribution in [1.29, 1.82) is 0 Å². The Morgan fingerprint density at radius 3 is 2.37 bits per heavy atom. The number of carbonyl (C=O) groups is 1. The first-order chi connectivity index (χ1) is 9.08. The molecule has 0 radical (unpaired) electrons. The van der Waals surface area contributed by atoms with Gasteiger partial charge in [-0.2, -0.15) is 0 Å². The van der Waals surface area contributed by atoms with Crippen LogP contribution in [0.25, 0.3) is 11.1 Å². The van der Waals surface area contributed by atoms with Crippen molar-refractivity contribution in [1.82, 2.24) is 5.32 Å². The highest BCUT2D eigenvalue weighted by atomic mass is 19.1. The third kappa shape index (κ3) is 3.19. The van der Waals surface area contributed by atoms with Crippen LogP contribution < -0.4 is 5.32 Å². The third-order valence-electron chi connectivity index (χ3n) is 2.74. The number of nitrogens with one attached hydrogen (secondary N) is 1. The molecule has 0 spiro atoms. The Morgan fingerprint density at radius 1 is 1.05 bits per heavy atom. The lowest BCUT2D eigenvalue weighted by Gasteiger charge is -2.10. The highest BCUT2D eigenvalue weighted by Gasteiger charge is 2.13. The maximum absolute atomic E-state index is 13.7. The van der Waals surface area contributed by atoms with Gasteiger partial charge in [0.1, 0.15) is 5.82 Å². The van der Waals surface area contributed by atoms with Crippen LogP contribution >= 0.6 is 0 Å². The Hall–Kier alpha value is -2.16. The van der Waals surface area contributed by atoms with Gasteiger partial charge in [-0.1, -0.05) is 36.4 Å². The van der Waals surface area contributed by atoms with Crippen molar-refractivity contribution in [3.63, 3.8) is 0 Å². The van der Waals surface area contributed by atoms with Crippen LogP contribution in [0.3, 0.4) is 0 Å². The van der Waals surface area contributed by atoms with Crippen LogP contribution in [0.15, 0.2) is 48.5 Å². The quantitative estimate of drug-likeness (QED) is 0.893. The number of rotatable bonds is 3. The molecule has 2 aromatic carbocycles. The van der Waals surface area contributed by atoms with E-state index in [0.717, 1.165) is 11.1 Å². The lowest BCUT2D eigenvalue weighted by atomic mass is 10.0. The number of hydrogen-bond donors (Lipinski definition) is 1. The van der Waals surface area contributed by atoms with E-state index in [1.54, 1.807) is 12.1 Å². The van der Waals surface area contributed by atoms with E-state index in [9.17, 15) is 9.18 Å². The molecule has 19 heavy (non-hydrogen) atoms. The fourth-order valence-electron chi connectivity index (χ4n) is 1.85. The van der Waals surface area contributed by atoms with Crippen LogP contribution in [0.2, 0.25) is 0 Å². The Kier molecular flexibility index (Phi) is 3.95. The van der Waals surface area contributed by atoms with E-state index in [-0.39, 0.29) is 17.5 Å². The smallest absolute Gasteiger partial charge is 0.254 e. The number of benzene rings is 2. The zero-order chi connectivity index (χ0) is 13.8. The second-order valence-electron chi connectivity index (χ2n) is 4.69.